The maximum atomic E-state index is 11.9. The van der Waals surface area contributed by atoms with Crippen LogP contribution in [0.5, 0.6) is 0 Å². The fourth-order valence-corrected chi connectivity index (χ4v) is 1.83. The Labute approximate surface area is 104 Å². The topological polar surface area (TPSA) is 74.6 Å². The average molecular weight is 244 g/mol. The van der Waals surface area contributed by atoms with Crippen LogP contribution in [0.4, 0.5) is 0 Å². The summed E-state index contributed by atoms with van der Waals surface area (Å²) in [5, 5.41) is 18.9. The molecule has 1 aromatic carbocycles. The van der Waals surface area contributed by atoms with Crippen LogP contribution in [0.2, 0.25) is 0 Å². The maximum Gasteiger partial charge on any atom is 0.205 e. The molecule has 0 fully saturated rings. The van der Waals surface area contributed by atoms with Gasteiger partial charge in [-0.25, -0.2) is 0 Å². The van der Waals surface area contributed by atoms with Crippen molar-refractivity contribution in [2.45, 2.75) is 12.5 Å². The minimum absolute atomic E-state index is 0.0641. The Morgan fingerprint density at radius 1 is 1.17 bits per heavy atom. The monoisotopic (exact) mass is 244 g/mol. The Morgan fingerprint density at radius 2 is 1.78 bits per heavy atom. The van der Waals surface area contributed by atoms with Crippen LogP contribution < -0.4 is 0 Å². The normalized spacial score (nSPS) is 26.3. The molecule has 1 aromatic rings. The van der Waals surface area contributed by atoms with Gasteiger partial charge in [0, 0.05) is 0 Å². The molecule has 0 heterocycles. The standard InChI is InChI=1S/C14H12O4/c1-14(18)12(16)7-10(11(8-15)13(14)17)9-5-3-2-4-6-9/h2-8,15,18H,1H3/b11-8-. The first-order valence-electron chi connectivity index (χ1n) is 5.42. The van der Waals surface area contributed by atoms with Crippen LogP contribution in [-0.4, -0.2) is 27.4 Å². The SMILES string of the molecule is CC1(O)C(=O)C=C(c2ccccc2)/C(=C/O)C1=O. The number of hydrogen-bond acceptors (Lipinski definition) is 4. The smallest absolute Gasteiger partial charge is 0.205 e. The van der Waals surface area contributed by atoms with E-state index < -0.39 is 17.2 Å². The highest BCUT2D eigenvalue weighted by molar-refractivity contribution is 6.31. The minimum Gasteiger partial charge on any atom is -0.515 e. The Hall–Kier alpha value is -2.20. The molecule has 1 aliphatic carbocycles. The summed E-state index contributed by atoms with van der Waals surface area (Å²) in [7, 11) is 0. The first kappa shape index (κ1) is 12.3. The lowest BCUT2D eigenvalue weighted by atomic mass is 9.79. The van der Waals surface area contributed by atoms with E-state index >= 15 is 0 Å². The van der Waals surface area contributed by atoms with Gasteiger partial charge in [-0.05, 0) is 24.1 Å². The molecule has 0 saturated heterocycles. The molecule has 0 spiro atoms. The van der Waals surface area contributed by atoms with Crippen molar-refractivity contribution in [3.05, 3.63) is 53.8 Å². The van der Waals surface area contributed by atoms with Gasteiger partial charge < -0.3 is 10.2 Å². The van der Waals surface area contributed by atoms with Crippen molar-refractivity contribution in [2.24, 2.45) is 0 Å². The lowest BCUT2D eigenvalue weighted by Crippen LogP contribution is -2.46. The molecule has 1 atom stereocenters. The van der Waals surface area contributed by atoms with Gasteiger partial charge >= 0.3 is 0 Å². The second-order valence-electron chi connectivity index (χ2n) is 4.23. The Balaban J connectivity index is 2.61. The van der Waals surface area contributed by atoms with Crippen LogP contribution in [0.25, 0.3) is 5.57 Å². The predicted molar refractivity (Wildman–Crippen MR) is 65.8 cm³/mol. The van der Waals surface area contributed by atoms with E-state index in [9.17, 15) is 14.7 Å². The van der Waals surface area contributed by atoms with Crippen LogP contribution in [-0.2, 0) is 9.59 Å². The van der Waals surface area contributed by atoms with Crippen molar-refractivity contribution >= 4 is 17.1 Å². The van der Waals surface area contributed by atoms with Crippen molar-refractivity contribution in [3.8, 4) is 0 Å². The van der Waals surface area contributed by atoms with Crippen LogP contribution in [0.3, 0.4) is 0 Å². The van der Waals surface area contributed by atoms with Crippen molar-refractivity contribution in [1.29, 1.82) is 0 Å². The fourth-order valence-electron chi connectivity index (χ4n) is 1.83. The van der Waals surface area contributed by atoms with E-state index in [0.717, 1.165) is 6.92 Å². The van der Waals surface area contributed by atoms with Crippen LogP contribution in [0, 0.1) is 0 Å². The van der Waals surface area contributed by atoms with Crippen LogP contribution in [0.15, 0.2) is 48.2 Å². The molecule has 4 nitrogen and oxygen atoms in total. The molecule has 0 aromatic heterocycles. The van der Waals surface area contributed by atoms with Gasteiger partial charge in [-0.2, -0.15) is 0 Å². The number of aliphatic hydroxyl groups is 2. The highest BCUT2D eigenvalue weighted by Gasteiger charge is 2.44. The van der Waals surface area contributed by atoms with E-state index in [1.54, 1.807) is 30.3 Å². The number of carbonyl (C=O) groups excluding carboxylic acids is 2. The third kappa shape index (κ3) is 1.76. The number of rotatable bonds is 1. The molecule has 18 heavy (non-hydrogen) atoms. The number of Topliss-reactive ketones (excluding diaryl/α,β-unsaturated/α-hetero) is 1. The molecule has 2 rings (SSSR count). The highest BCUT2D eigenvalue weighted by Crippen LogP contribution is 2.32. The summed E-state index contributed by atoms with van der Waals surface area (Å²) < 4.78 is 0. The number of ketones is 2. The summed E-state index contributed by atoms with van der Waals surface area (Å²) in [5.41, 5.74) is -1.22. The van der Waals surface area contributed by atoms with Crippen molar-refractivity contribution in [3.63, 3.8) is 0 Å². The molecule has 0 amide bonds. The zero-order chi connectivity index (χ0) is 13.3. The lowest BCUT2D eigenvalue weighted by molar-refractivity contribution is -0.143. The number of carbonyl (C=O) groups is 2. The number of hydrogen-bond donors (Lipinski definition) is 2. The van der Waals surface area contributed by atoms with Gasteiger partial charge in [-0.15, -0.1) is 0 Å². The number of allylic oxidation sites excluding steroid dienone is 1. The predicted octanol–water partition coefficient (Wildman–Crippen LogP) is 1.41. The zero-order valence-electron chi connectivity index (χ0n) is 9.75. The molecule has 92 valence electrons. The van der Waals surface area contributed by atoms with E-state index in [1.807, 2.05) is 0 Å². The van der Waals surface area contributed by atoms with Gasteiger partial charge in [0.2, 0.25) is 5.78 Å². The van der Waals surface area contributed by atoms with Gasteiger partial charge in [-0.3, -0.25) is 9.59 Å². The Kier molecular flexibility index (Phi) is 2.88. The first-order valence-corrected chi connectivity index (χ1v) is 5.42. The average Bonchev–Trinajstić information content (AvgIpc) is 2.37. The van der Waals surface area contributed by atoms with E-state index in [0.29, 0.717) is 17.4 Å². The van der Waals surface area contributed by atoms with Gasteiger partial charge in [0.1, 0.15) is 0 Å². The third-order valence-corrected chi connectivity index (χ3v) is 2.95. The second-order valence-corrected chi connectivity index (χ2v) is 4.23. The molecular weight excluding hydrogens is 232 g/mol. The summed E-state index contributed by atoms with van der Waals surface area (Å²) >= 11 is 0. The Bertz CT molecular complexity index is 565. The molecule has 1 aliphatic rings. The second kappa shape index (κ2) is 4.23. The molecule has 0 aliphatic heterocycles. The summed E-state index contributed by atoms with van der Waals surface area (Å²) in [5.74, 6) is -1.48. The van der Waals surface area contributed by atoms with Gasteiger partial charge in [-0.1, -0.05) is 30.3 Å². The van der Waals surface area contributed by atoms with Crippen molar-refractivity contribution in [1.82, 2.24) is 0 Å². The van der Waals surface area contributed by atoms with Gasteiger partial charge in [0.15, 0.2) is 11.4 Å². The number of aliphatic hydroxyl groups excluding tert-OH is 1. The van der Waals surface area contributed by atoms with E-state index in [-0.39, 0.29) is 5.57 Å². The van der Waals surface area contributed by atoms with Crippen LogP contribution in [0.1, 0.15) is 12.5 Å². The van der Waals surface area contributed by atoms with E-state index in [4.69, 9.17) is 5.11 Å². The molecular formula is C14H12O4. The van der Waals surface area contributed by atoms with E-state index in [2.05, 4.69) is 0 Å². The van der Waals surface area contributed by atoms with E-state index in [1.165, 1.54) is 6.08 Å². The fraction of sp³-hybridized carbons (Fsp3) is 0.143. The lowest BCUT2D eigenvalue weighted by Gasteiger charge is -2.26. The summed E-state index contributed by atoms with van der Waals surface area (Å²) in [6.45, 7) is 1.12. The summed E-state index contributed by atoms with van der Waals surface area (Å²) in [4.78, 5) is 23.6. The quantitative estimate of drug-likeness (QED) is 0.445. The largest absolute Gasteiger partial charge is 0.515 e. The molecule has 0 bridgehead atoms. The van der Waals surface area contributed by atoms with Gasteiger partial charge in [0.05, 0.1) is 11.8 Å². The summed E-state index contributed by atoms with van der Waals surface area (Å²) in [6.07, 6.45) is 1.81. The highest BCUT2D eigenvalue weighted by atomic mass is 16.3. The summed E-state index contributed by atoms with van der Waals surface area (Å²) in [6, 6.07) is 8.75. The molecule has 0 saturated carbocycles. The molecule has 1 unspecified atom stereocenters. The first-order chi connectivity index (χ1) is 8.48. The van der Waals surface area contributed by atoms with Crippen LogP contribution >= 0.6 is 0 Å². The zero-order valence-corrected chi connectivity index (χ0v) is 9.75. The van der Waals surface area contributed by atoms with Gasteiger partial charge in [0.25, 0.3) is 0 Å². The van der Waals surface area contributed by atoms with Crippen molar-refractivity contribution in [2.75, 3.05) is 0 Å². The molecule has 4 heteroatoms. The Morgan fingerprint density at radius 3 is 2.33 bits per heavy atom. The minimum atomic E-state index is -2.10. The maximum absolute atomic E-state index is 11.9. The molecule has 2 N–H and O–H groups in total. The third-order valence-electron chi connectivity index (χ3n) is 2.95. The van der Waals surface area contributed by atoms with Crippen molar-refractivity contribution < 1.29 is 19.8 Å². The number of benzene rings is 1. The molecule has 0 radical (unpaired) electrons.